The van der Waals surface area contributed by atoms with Crippen LogP contribution in [0.15, 0.2) is 0 Å². The predicted molar refractivity (Wildman–Crippen MR) is 39.7 cm³/mol. The lowest BCUT2D eigenvalue weighted by molar-refractivity contribution is 0.460. The Balaban J connectivity index is 0. The molecule has 10 heavy (non-hydrogen) atoms. The zero-order valence-electron chi connectivity index (χ0n) is 6.16. The van der Waals surface area contributed by atoms with Gasteiger partial charge in [0.05, 0.1) is 5.75 Å². The molecule has 0 rings (SSSR count). The van der Waals surface area contributed by atoms with Gasteiger partial charge in [-0.15, -0.1) is 0 Å². The first kappa shape index (κ1) is 12.5. The van der Waals surface area contributed by atoms with E-state index in [-0.39, 0.29) is 6.15 Å². The highest BCUT2D eigenvalue weighted by molar-refractivity contribution is 7.85. The van der Waals surface area contributed by atoms with Crippen LogP contribution in [0.1, 0.15) is 13.8 Å². The first-order chi connectivity index (χ1) is 3.71. The molecule has 5 nitrogen and oxygen atoms in total. The number of hydrogen-bond donors (Lipinski definition) is 3. The molecule has 0 aliphatic rings. The van der Waals surface area contributed by atoms with Gasteiger partial charge in [0, 0.05) is 5.54 Å². The maximum absolute atomic E-state index is 10.1. The molecule has 6 heteroatoms. The molecular weight excluding hydrogens is 156 g/mol. The van der Waals surface area contributed by atoms with Crippen molar-refractivity contribution in [1.29, 1.82) is 0 Å². The maximum atomic E-state index is 10.1. The predicted octanol–water partition coefficient (Wildman–Crippen LogP) is -0.226. The Hall–Kier alpha value is -0.170. The molecule has 0 unspecified atom stereocenters. The third-order valence-corrected chi connectivity index (χ3v) is 1.66. The summed E-state index contributed by atoms with van der Waals surface area (Å²) in [6.07, 6.45) is 0. The molecule has 0 saturated carbocycles. The first-order valence-corrected chi connectivity index (χ1v) is 4.06. The van der Waals surface area contributed by atoms with Crippen molar-refractivity contribution >= 4 is 10.1 Å². The Morgan fingerprint density at radius 2 is 1.80 bits per heavy atom. The van der Waals surface area contributed by atoms with E-state index in [1.807, 2.05) is 0 Å². The summed E-state index contributed by atoms with van der Waals surface area (Å²) >= 11 is 0. The molecule has 0 bridgehead atoms. The van der Waals surface area contributed by atoms with E-state index in [1.165, 1.54) is 13.8 Å². The van der Waals surface area contributed by atoms with Gasteiger partial charge in [0.2, 0.25) is 0 Å². The average molecular weight is 170 g/mol. The van der Waals surface area contributed by atoms with Crippen LogP contribution in [0.2, 0.25) is 0 Å². The quantitative estimate of drug-likeness (QED) is 0.495. The Bertz CT molecular complexity index is 179. The van der Waals surface area contributed by atoms with E-state index in [0.29, 0.717) is 0 Å². The molecule has 0 aliphatic carbocycles. The summed E-state index contributed by atoms with van der Waals surface area (Å²) in [6.45, 7) is 3.06. The van der Waals surface area contributed by atoms with Crippen molar-refractivity contribution in [3.63, 3.8) is 0 Å². The van der Waals surface area contributed by atoms with E-state index in [2.05, 4.69) is 0 Å². The van der Waals surface area contributed by atoms with Gasteiger partial charge >= 0.3 is 0 Å². The highest BCUT2D eigenvalue weighted by Gasteiger charge is 2.18. The molecule has 6 N–H and O–H groups in total. The van der Waals surface area contributed by atoms with Crippen molar-refractivity contribution in [3.8, 4) is 0 Å². The molecule has 0 amide bonds. The zero-order chi connectivity index (χ0) is 7.71. The molecule has 0 heterocycles. The van der Waals surface area contributed by atoms with Gasteiger partial charge in [-0.2, -0.15) is 8.42 Å². The van der Waals surface area contributed by atoms with Crippen LogP contribution in [0.25, 0.3) is 0 Å². The van der Waals surface area contributed by atoms with E-state index in [9.17, 15) is 8.42 Å². The number of rotatable bonds is 2. The normalized spacial score (nSPS) is 12.4. The Labute approximate surface area is 60.9 Å². The number of hydrogen-bond acceptors (Lipinski definition) is 4. The zero-order valence-corrected chi connectivity index (χ0v) is 6.98. The molecule has 0 radical (unpaired) electrons. The third-order valence-electron chi connectivity index (χ3n) is 0.554. The van der Waals surface area contributed by atoms with Crippen molar-refractivity contribution in [2.24, 2.45) is 5.73 Å². The van der Waals surface area contributed by atoms with Gasteiger partial charge in [0.1, 0.15) is 0 Å². The second-order valence-electron chi connectivity index (χ2n) is 2.71. The standard InChI is InChI=1S/C4H11NO3S.H3N/c1-4(2,5)3-9(6,7)8;/h3,5H2,1-2H3,(H,6,7,8);1H3. The van der Waals surface area contributed by atoms with E-state index < -0.39 is 21.4 Å². The van der Waals surface area contributed by atoms with Crippen LogP contribution in [0.3, 0.4) is 0 Å². The second kappa shape index (κ2) is 3.29. The van der Waals surface area contributed by atoms with Crippen molar-refractivity contribution in [1.82, 2.24) is 6.15 Å². The summed E-state index contributed by atoms with van der Waals surface area (Å²) in [5.41, 5.74) is 4.43. The Morgan fingerprint density at radius 3 is 1.80 bits per heavy atom. The smallest absolute Gasteiger partial charge is 0.266 e. The van der Waals surface area contributed by atoms with Crippen LogP contribution >= 0.6 is 0 Å². The summed E-state index contributed by atoms with van der Waals surface area (Å²) in [5.74, 6) is -0.403. The van der Waals surface area contributed by atoms with E-state index in [4.69, 9.17) is 10.3 Å². The van der Waals surface area contributed by atoms with Crippen LogP contribution in [-0.4, -0.2) is 24.3 Å². The van der Waals surface area contributed by atoms with Gasteiger partial charge in [-0.3, -0.25) is 4.55 Å². The Kier molecular flexibility index (Phi) is 4.11. The molecule has 0 aromatic carbocycles. The highest BCUT2D eigenvalue weighted by Crippen LogP contribution is 1.99. The van der Waals surface area contributed by atoms with Crippen molar-refractivity contribution < 1.29 is 13.0 Å². The maximum Gasteiger partial charge on any atom is 0.266 e. The molecule has 0 atom stereocenters. The molecule has 0 aromatic rings. The fourth-order valence-electron chi connectivity index (χ4n) is 0.470. The van der Waals surface area contributed by atoms with Gasteiger partial charge in [-0.25, -0.2) is 0 Å². The van der Waals surface area contributed by atoms with E-state index in [0.717, 1.165) is 0 Å². The van der Waals surface area contributed by atoms with Gasteiger partial charge in [0.25, 0.3) is 10.1 Å². The van der Waals surface area contributed by atoms with Crippen LogP contribution in [0, 0.1) is 0 Å². The minimum atomic E-state index is -3.91. The lowest BCUT2D eigenvalue weighted by Crippen LogP contribution is -2.39. The fraction of sp³-hybridized carbons (Fsp3) is 1.00. The van der Waals surface area contributed by atoms with Crippen molar-refractivity contribution in [2.75, 3.05) is 5.75 Å². The van der Waals surface area contributed by atoms with Crippen LogP contribution in [0.4, 0.5) is 0 Å². The minimum Gasteiger partial charge on any atom is -0.344 e. The molecule has 0 aromatic heterocycles. The lowest BCUT2D eigenvalue weighted by Gasteiger charge is -2.14. The van der Waals surface area contributed by atoms with E-state index in [1.54, 1.807) is 0 Å². The second-order valence-corrected chi connectivity index (χ2v) is 4.17. The van der Waals surface area contributed by atoms with Crippen LogP contribution in [-0.2, 0) is 10.1 Å². The van der Waals surface area contributed by atoms with Gasteiger partial charge in [0.15, 0.2) is 0 Å². The summed E-state index contributed by atoms with van der Waals surface area (Å²) in [7, 11) is -3.91. The third kappa shape index (κ3) is 10.7. The summed E-state index contributed by atoms with van der Waals surface area (Å²) in [5, 5.41) is 0. The SMILES string of the molecule is CC(C)(N)CS(=O)(=O)O.N. The van der Waals surface area contributed by atoms with E-state index >= 15 is 0 Å². The van der Waals surface area contributed by atoms with Gasteiger partial charge < -0.3 is 11.9 Å². The highest BCUT2D eigenvalue weighted by atomic mass is 32.2. The monoisotopic (exact) mass is 170 g/mol. The minimum absolute atomic E-state index is 0. The van der Waals surface area contributed by atoms with Crippen molar-refractivity contribution in [2.45, 2.75) is 19.4 Å². The summed E-state index contributed by atoms with van der Waals surface area (Å²) < 4.78 is 28.5. The van der Waals surface area contributed by atoms with Crippen LogP contribution < -0.4 is 11.9 Å². The van der Waals surface area contributed by atoms with Gasteiger partial charge in [-0.1, -0.05) is 0 Å². The largest absolute Gasteiger partial charge is 0.344 e. The van der Waals surface area contributed by atoms with Crippen molar-refractivity contribution in [3.05, 3.63) is 0 Å². The van der Waals surface area contributed by atoms with Crippen LogP contribution in [0.5, 0.6) is 0 Å². The lowest BCUT2D eigenvalue weighted by atomic mass is 10.1. The molecule has 64 valence electrons. The topological polar surface area (TPSA) is 115 Å². The molecular formula is C4H14N2O3S. The molecule has 0 saturated heterocycles. The summed E-state index contributed by atoms with van der Waals surface area (Å²) in [6, 6.07) is 0. The summed E-state index contributed by atoms with van der Waals surface area (Å²) in [4.78, 5) is 0. The first-order valence-electron chi connectivity index (χ1n) is 2.45. The fourth-order valence-corrected chi connectivity index (χ4v) is 1.41. The average Bonchev–Trinajstić information content (AvgIpc) is 1.14. The number of nitrogens with two attached hydrogens (primary N) is 1. The van der Waals surface area contributed by atoms with Gasteiger partial charge in [-0.05, 0) is 13.8 Å². The Morgan fingerprint density at radius 1 is 1.50 bits per heavy atom. The molecule has 0 spiro atoms. The molecule has 0 aliphatic heterocycles. The molecule has 0 fully saturated rings.